The molecule has 1 amide bonds. The zero-order chi connectivity index (χ0) is 34.3. The van der Waals surface area contributed by atoms with Crippen molar-refractivity contribution in [3.05, 3.63) is 141 Å². The normalized spacial score (nSPS) is 11.3. The number of hydrogen-bond donors (Lipinski definition) is 2. The average Bonchev–Trinajstić information content (AvgIpc) is 3.50. The number of hydrogen-bond acceptors (Lipinski definition) is 6. The minimum absolute atomic E-state index is 0.143. The lowest BCUT2D eigenvalue weighted by atomic mass is 9.88. The number of aromatic nitrogens is 2. The molecular weight excluding hydrogens is 643 g/mol. The molecular formula is C36H30F3N3O5S. The van der Waals surface area contributed by atoms with Crippen LogP contribution in [0.3, 0.4) is 0 Å². The van der Waals surface area contributed by atoms with Crippen molar-refractivity contribution in [2.45, 2.75) is 25.1 Å². The Labute approximate surface area is 277 Å². The van der Waals surface area contributed by atoms with Crippen LogP contribution >= 0.6 is 11.3 Å². The van der Waals surface area contributed by atoms with Crippen LogP contribution in [-0.2, 0) is 11.3 Å². The second kappa shape index (κ2) is 14.9. The number of thiophene rings is 1. The summed E-state index contributed by atoms with van der Waals surface area (Å²) in [5.74, 6) is -2.55. The summed E-state index contributed by atoms with van der Waals surface area (Å²) in [6.07, 6.45) is -2.64. The van der Waals surface area contributed by atoms with Crippen molar-refractivity contribution in [3.8, 4) is 5.75 Å². The topological polar surface area (TPSA) is 111 Å². The van der Waals surface area contributed by atoms with Gasteiger partial charge in [0.05, 0.1) is 29.6 Å². The number of pyridine rings is 2. The molecule has 0 aliphatic heterocycles. The fourth-order valence-corrected chi connectivity index (χ4v) is 6.62. The minimum Gasteiger partial charge on any atom is -0.494 e. The summed E-state index contributed by atoms with van der Waals surface area (Å²) in [7, 11) is 1.51. The monoisotopic (exact) mass is 673 g/mol. The van der Waals surface area contributed by atoms with Gasteiger partial charge in [-0.1, -0.05) is 84.9 Å². The highest BCUT2D eigenvalue weighted by molar-refractivity contribution is 7.22. The van der Waals surface area contributed by atoms with Gasteiger partial charge in [0.1, 0.15) is 10.3 Å². The van der Waals surface area contributed by atoms with E-state index in [9.17, 15) is 22.8 Å². The predicted molar refractivity (Wildman–Crippen MR) is 179 cm³/mol. The van der Waals surface area contributed by atoms with Gasteiger partial charge in [0.25, 0.3) is 11.5 Å². The summed E-state index contributed by atoms with van der Waals surface area (Å²) in [5.41, 5.74) is 3.77. The van der Waals surface area contributed by atoms with E-state index < -0.39 is 12.1 Å². The number of nitrogens with zero attached hydrogens (tertiary/aromatic N) is 2. The number of amides is 1. The number of aliphatic carboxylic acids is 1. The van der Waals surface area contributed by atoms with E-state index in [-0.39, 0.29) is 17.4 Å². The molecule has 0 spiro atoms. The number of alkyl halides is 3. The molecule has 0 aliphatic rings. The van der Waals surface area contributed by atoms with Gasteiger partial charge < -0.3 is 19.7 Å². The summed E-state index contributed by atoms with van der Waals surface area (Å²) in [6, 6.07) is 34.1. The number of carboxylic acids is 1. The molecule has 0 bridgehead atoms. The molecule has 246 valence electrons. The van der Waals surface area contributed by atoms with E-state index in [1.165, 1.54) is 29.6 Å². The quantitative estimate of drug-likeness (QED) is 0.167. The lowest BCUT2D eigenvalue weighted by molar-refractivity contribution is -0.192. The second-order valence-corrected chi connectivity index (χ2v) is 11.6. The Morgan fingerprint density at radius 1 is 0.917 bits per heavy atom. The SMILES string of the molecule is COc1c(C(=O)NCCC(c2ccccc2)c2ccccc2)sc2c1c(=O)n(Cc1ccccn1)c1ccccc21.O=C(O)C(F)(F)F. The first-order chi connectivity index (χ1) is 23.1. The highest BCUT2D eigenvalue weighted by Crippen LogP contribution is 2.39. The highest BCUT2D eigenvalue weighted by Gasteiger charge is 2.38. The van der Waals surface area contributed by atoms with Crippen LogP contribution in [0, 0.1) is 0 Å². The van der Waals surface area contributed by atoms with E-state index >= 15 is 0 Å². The summed E-state index contributed by atoms with van der Waals surface area (Å²) < 4.78 is 39.9. The van der Waals surface area contributed by atoms with Gasteiger partial charge >= 0.3 is 12.1 Å². The summed E-state index contributed by atoms with van der Waals surface area (Å²) in [4.78, 5) is 41.2. The van der Waals surface area contributed by atoms with Gasteiger partial charge in [0.15, 0.2) is 5.75 Å². The first kappa shape index (κ1) is 33.9. The van der Waals surface area contributed by atoms with Crippen LogP contribution in [0.25, 0.3) is 21.0 Å². The number of carbonyl (C=O) groups is 2. The molecule has 0 unspecified atom stereocenters. The molecule has 3 heterocycles. The Morgan fingerprint density at radius 2 is 1.50 bits per heavy atom. The summed E-state index contributed by atoms with van der Waals surface area (Å²) in [6.45, 7) is 0.784. The van der Waals surface area contributed by atoms with E-state index in [0.717, 1.165) is 27.7 Å². The molecule has 3 aromatic heterocycles. The zero-order valence-corrected chi connectivity index (χ0v) is 26.4. The van der Waals surface area contributed by atoms with E-state index in [0.29, 0.717) is 29.1 Å². The third-order valence-electron chi connectivity index (χ3n) is 7.58. The number of para-hydroxylation sites is 1. The Kier molecular flexibility index (Phi) is 10.5. The molecule has 0 atom stereocenters. The average molecular weight is 674 g/mol. The maximum absolute atomic E-state index is 13.9. The van der Waals surface area contributed by atoms with Gasteiger partial charge in [-0.15, -0.1) is 11.3 Å². The van der Waals surface area contributed by atoms with Crippen LogP contribution in [0.15, 0.2) is 114 Å². The Bertz CT molecular complexity index is 2040. The number of ether oxygens (including phenoxy) is 1. The van der Waals surface area contributed by atoms with Crippen LogP contribution in [0.4, 0.5) is 13.2 Å². The predicted octanol–water partition coefficient (Wildman–Crippen LogP) is 7.25. The molecule has 2 N–H and O–H groups in total. The molecule has 8 nitrogen and oxygen atoms in total. The van der Waals surface area contributed by atoms with Crippen molar-refractivity contribution in [1.29, 1.82) is 0 Å². The molecule has 0 fully saturated rings. The molecule has 48 heavy (non-hydrogen) atoms. The third kappa shape index (κ3) is 7.55. The number of rotatable bonds is 9. The standard InChI is InChI=1S/C34H29N3O3S.C2HF3O2/c1-40-30-29-31(27-17-8-9-18-28(27)37(34(29)39)22-25-16-10-11-20-35-25)41-32(30)33(38)36-21-19-26(23-12-4-2-5-13-23)24-14-6-3-7-15-24;3-2(4,5)1(6)7/h2-18,20,26H,19,21-22H2,1H3,(H,36,38);(H,6,7). The summed E-state index contributed by atoms with van der Waals surface area (Å²) >= 11 is 1.30. The van der Waals surface area contributed by atoms with Crippen molar-refractivity contribution in [1.82, 2.24) is 14.9 Å². The number of benzene rings is 3. The Morgan fingerprint density at radius 3 is 2.06 bits per heavy atom. The van der Waals surface area contributed by atoms with E-state index in [1.54, 1.807) is 10.8 Å². The van der Waals surface area contributed by atoms with Crippen molar-refractivity contribution in [3.63, 3.8) is 0 Å². The molecule has 6 aromatic rings. The maximum atomic E-state index is 13.9. The second-order valence-electron chi connectivity index (χ2n) is 10.6. The number of halogens is 3. The molecule has 3 aromatic carbocycles. The van der Waals surface area contributed by atoms with Gasteiger partial charge in [-0.25, -0.2) is 4.79 Å². The molecule has 0 saturated heterocycles. The van der Waals surface area contributed by atoms with Gasteiger partial charge in [-0.2, -0.15) is 13.2 Å². The minimum atomic E-state index is -5.08. The van der Waals surface area contributed by atoms with E-state index in [4.69, 9.17) is 14.6 Å². The number of carbonyl (C=O) groups excluding carboxylic acids is 1. The van der Waals surface area contributed by atoms with Gasteiger partial charge in [-0.3, -0.25) is 14.6 Å². The lowest BCUT2D eigenvalue weighted by Crippen LogP contribution is -2.25. The fraction of sp³-hybridized carbons (Fsp3) is 0.167. The summed E-state index contributed by atoms with van der Waals surface area (Å²) in [5, 5.41) is 11.5. The Balaban J connectivity index is 0.000000582. The van der Waals surface area contributed by atoms with Crippen LogP contribution < -0.4 is 15.6 Å². The number of fused-ring (bicyclic) bond motifs is 3. The van der Waals surface area contributed by atoms with Gasteiger partial charge in [0.2, 0.25) is 0 Å². The van der Waals surface area contributed by atoms with Crippen LogP contribution in [0.5, 0.6) is 5.75 Å². The highest BCUT2D eigenvalue weighted by atomic mass is 32.1. The lowest BCUT2D eigenvalue weighted by Gasteiger charge is -2.18. The van der Waals surface area contributed by atoms with Crippen LogP contribution in [0.1, 0.15) is 38.8 Å². The first-order valence-electron chi connectivity index (χ1n) is 14.8. The molecule has 6 rings (SSSR count). The van der Waals surface area contributed by atoms with Gasteiger partial charge in [0, 0.05) is 24.0 Å². The molecule has 12 heteroatoms. The number of nitrogens with one attached hydrogen (secondary N) is 1. The van der Waals surface area contributed by atoms with Crippen molar-refractivity contribution < 1.29 is 32.6 Å². The van der Waals surface area contributed by atoms with Crippen molar-refractivity contribution >= 4 is 44.2 Å². The van der Waals surface area contributed by atoms with Crippen molar-refractivity contribution in [2.75, 3.05) is 13.7 Å². The third-order valence-corrected chi connectivity index (χ3v) is 8.79. The smallest absolute Gasteiger partial charge is 0.490 e. The number of carboxylic acid groups (broad SMARTS) is 1. The molecule has 0 saturated carbocycles. The first-order valence-corrected chi connectivity index (χ1v) is 15.6. The van der Waals surface area contributed by atoms with Crippen LogP contribution in [-0.4, -0.2) is 46.4 Å². The largest absolute Gasteiger partial charge is 0.494 e. The van der Waals surface area contributed by atoms with Gasteiger partial charge in [-0.05, 0) is 35.7 Å². The zero-order valence-electron chi connectivity index (χ0n) is 25.6. The maximum Gasteiger partial charge on any atom is 0.490 e. The number of methoxy groups -OCH3 is 1. The van der Waals surface area contributed by atoms with Crippen LogP contribution in [0.2, 0.25) is 0 Å². The Hall–Kier alpha value is -5.49. The molecule has 0 aliphatic carbocycles. The van der Waals surface area contributed by atoms with Crippen molar-refractivity contribution in [2.24, 2.45) is 0 Å². The molecule has 0 radical (unpaired) electrons. The fourth-order valence-electron chi connectivity index (χ4n) is 5.41. The van der Waals surface area contributed by atoms with E-state index in [1.807, 2.05) is 78.9 Å². The van der Waals surface area contributed by atoms with E-state index in [2.05, 4.69) is 34.6 Å².